The standard InChI is InChI=1S/C10H15NO6S2/c12-6-8-18(14,15)11(19(16,17)9-7-13)10-4-2-1-3-5-10/h1-5,12-13H,6-9H2. The van der Waals surface area contributed by atoms with Gasteiger partial charge in [-0.05, 0) is 12.1 Å². The van der Waals surface area contributed by atoms with Gasteiger partial charge in [0.1, 0.15) is 0 Å². The molecule has 0 atom stereocenters. The maximum atomic E-state index is 12.0. The molecule has 2 N–H and O–H groups in total. The Kier molecular flexibility index (Phi) is 5.29. The van der Waals surface area contributed by atoms with E-state index in [2.05, 4.69) is 0 Å². The number of sulfonamides is 2. The van der Waals surface area contributed by atoms with Crippen LogP contribution in [0, 0.1) is 0 Å². The smallest absolute Gasteiger partial charge is 0.250 e. The van der Waals surface area contributed by atoms with E-state index in [0.29, 0.717) is 0 Å². The van der Waals surface area contributed by atoms with E-state index >= 15 is 0 Å². The fraction of sp³-hybridized carbons (Fsp3) is 0.400. The molecule has 108 valence electrons. The third-order valence-corrected chi connectivity index (χ3v) is 6.36. The minimum atomic E-state index is -4.22. The van der Waals surface area contributed by atoms with Gasteiger partial charge in [-0.15, -0.1) is 0 Å². The lowest BCUT2D eigenvalue weighted by atomic mass is 10.3. The molecule has 0 spiro atoms. The van der Waals surface area contributed by atoms with Crippen LogP contribution in [0.25, 0.3) is 0 Å². The summed E-state index contributed by atoms with van der Waals surface area (Å²) in [5.74, 6) is -1.43. The molecule has 0 aromatic heterocycles. The Morgan fingerprint density at radius 2 is 1.26 bits per heavy atom. The van der Waals surface area contributed by atoms with Gasteiger partial charge in [-0.1, -0.05) is 18.2 Å². The molecule has 0 radical (unpaired) electrons. The van der Waals surface area contributed by atoms with Crippen LogP contribution >= 0.6 is 0 Å². The highest BCUT2D eigenvalue weighted by Gasteiger charge is 2.33. The van der Waals surface area contributed by atoms with Gasteiger partial charge in [0.05, 0.1) is 30.4 Å². The summed E-state index contributed by atoms with van der Waals surface area (Å²) in [5, 5.41) is 17.5. The Bertz CT molecular complexity index is 560. The molecule has 9 heteroatoms. The van der Waals surface area contributed by atoms with E-state index in [1.807, 2.05) is 0 Å². The van der Waals surface area contributed by atoms with E-state index in [1.165, 1.54) is 24.3 Å². The average molecular weight is 309 g/mol. The van der Waals surface area contributed by atoms with Crippen molar-refractivity contribution < 1.29 is 27.0 Å². The summed E-state index contributed by atoms with van der Waals surface area (Å²) in [6, 6.07) is 7.24. The summed E-state index contributed by atoms with van der Waals surface area (Å²) in [7, 11) is -8.44. The first kappa shape index (κ1) is 15.9. The van der Waals surface area contributed by atoms with E-state index in [9.17, 15) is 16.8 Å². The number of para-hydroxylation sites is 1. The Hall–Kier alpha value is -1.16. The number of nitrogens with zero attached hydrogens (tertiary/aromatic N) is 1. The maximum absolute atomic E-state index is 12.0. The molecule has 1 rings (SSSR count). The highest BCUT2D eigenvalue weighted by Crippen LogP contribution is 2.22. The largest absolute Gasteiger partial charge is 0.395 e. The van der Waals surface area contributed by atoms with Crippen LogP contribution in [0.1, 0.15) is 0 Å². The summed E-state index contributed by atoms with van der Waals surface area (Å²) in [6.07, 6.45) is 0. The van der Waals surface area contributed by atoms with Gasteiger partial charge in [0, 0.05) is 0 Å². The van der Waals surface area contributed by atoms with E-state index in [4.69, 9.17) is 10.2 Å². The summed E-state index contributed by atoms with van der Waals surface area (Å²) in [6.45, 7) is -1.39. The van der Waals surface area contributed by atoms with Crippen LogP contribution < -0.4 is 3.71 Å². The van der Waals surface area contributed by atoms with Gasteiger partial charge >= 0.3 is 0 Å². The minimum absolute atomic E-state index is 0.0515. The predicted molar refractivity (Wildman–Crippen MR) is 70.7 cm³/mol. The number of benzene rings is 1. The number of hydrogen-bond acceptors (Lipinski definition) is 6. The molecule has 0 aliphatic carbocycles. The van der Waals surface area contributed by atoms with Crippen molar-refractivity contribution in [1.29, 1.82) is 0 Å². The molecular weight excluding hydrogens is 294 g/mol. The van der Waals surface area contributed by atoms with Gasteiger partial charge in [0.25, 0.3) is 0 Å². The van der Waals surface area contributed by atoms with Gasteiger partial charge < -0.3 is 10.2 Å². The topological polar surface area (TPSA) is 112 Å². The second-order valence-corrected chi connectivity index (χ2v) is 7.72. The molecule has 1 aromatic rings. The predicted octanol–water partition coefficient (Wildman–Crippen LogP) is -0.863. The first-order valence-corrected chi connectivity index (χ1v) is 8.59. The van der Waals surface area contributed by atoms with Crippen molar-refractivity contribution in [3.05, 3.63) is 30.3 Å². The number of aliphatic hydroxyl groups excluding tert-OH is 2. The van der Waals surface area contributed by atoms with Gasteiger partial charge in [-0.25, -0.2) is 16.8 Å². The van der Waals surface area contributed by atoms with Gasteiger partial charge in [0.15, 0.2) is 0 Å². The Balaban J connectivity index is 3.36. The quantitative estimate of drug-likeness (QED) is 0.677. The van der Waals surface area contributed by atoms with E-state index in [-0.39, 0.29) is 9.40 Å². The molecule has 0 bridgehead atoms. The highest BCUT2D eigenvalue weighted by molar-refractivity contribution is 8.10. The zero-order valence-corrected chi connectivity index (χ0v) is 11.6. The monoisotopic (exact) mass is 309 g/mol. The van der Waals surface area contributed by atoms with Crippen molar-refractivity contribution in [3.63, 3.8) is 0 Å². The lowest BCUT2D eigenvalue weighted by molar-refractivity contribution is 0.319. The molecule has 0 aliphatic rings. The number of aliphatic hydroxyl groups is 2. The lowest BCUT2D eigenvalue weighted by Crippen LogP contribution is -2.41. The molecule has 0 saturated heterocycles. The third kappa shape index (κ3) is 3.90. The zero-order chi connectivity index (χ0) is 14.5. The molecule has 0 fully saturated rings. The van der Waals surface area contributed by atoms with Crippen molar-refractivity contribution in [1.82, 2.24) is 0 Å². The van der Waals surface area contributed by atoms with Crippen LogP contribution in [-0.4, -0.2) is 51.8 Å². The number of anilines is 1. The van der Waals surface area contributed by atoms with Crippen molar-refractivity contribution in [3.8, 4) is 0 Å². The number of rotatable bonds is 7. The van der Waals surface area contributed by atoms with E-state index in [1.54, 1.807) is 6.07 Å². The van der Waals surface area contributed by atoms with Crippen LogP contribution in [-0.2, 0) is 20.0 Å². The van der Waals surface area contributed by atoms with E-state index < -0.39 is 44.8 Å². The van der Waals surface area contributed by atoms with Crippen molar-refractivity contribution in [2.75, 3.05) is 28.4 Å². The van der Waals surface area contributed by atoms with E-state index in [0.717, 1.165) is 0 Å². The van der Waals surface area contributed by atoms with Crippen LogP contribution in [0.4, 0.5) is 5.69 Å². The molecule has 0 saturated carbocycles. The van der Waals surface area contributed by atoms with Crippen LogP contribution in [0.5, 0.6) is 0 Å². The first-order chi connectivity index (χ1) is 8.85. The maximum Gasteiger partial charge on any atom is 0.250 e. The van der Waals surface area contributed by atoms with Crippen LogP contribution in [0.2, 0.25) is 0 Å². The second kappa shape index (κ2) is 6.33. The molecular formula is C10H15NO6S2. The Labute approximate surface area is 112 Å². The minimum Gasteiger partial charge on any atom is -0.395 e. The summed E-state index contributed by atoms with van der Waals surface area (Å²) in [5.41, 5.74) is -0.0515. The Morgan fingerprint density at radius 1 is 0.842 bits per heavy atom. The molecule has 7 nitrogen and oxygen atoms in total. The summed E-state index contributed by atoms with van der Waals surface area (Å²) < 4.78 is 48.1. The van der Waals surface area contributed by atoms with Gasteiger partial charge in [-0.3, -0.25) is 0 Å². The van der Waals surface area contributed by atoms with Gasteiger partial charge in [0.2, 0.25) is 20.0 Å². The van der Waals surface area contributed by atoms with Crippen LogP contribution in [0.3, 0.4) is 0 Å². The van der Waals surface area contributed by atoms with Crippen molar-refractivity contribution in [2.24, 2.45) is 0 Å². The van der Waals surface area contributed by atoms with Crippen molar-refractivity contribution in [2.45, 2.75) is 0 Å². The molecule has 0 unspecified atom stereocenters. The van der Waals surface area contributed by atoms with Crippen LogP contribution in [0.15, 0.2) is 30.3 Å². The fourth-order valence-corrected chi connectivity index (χ4v) is 4.95. The summed E-state index contributed by atoms with van der Waals surface area (Å²) >= 11 is 0. The summed E-state index contributed by atoms with van der Waals surface area (Å²) in [4.78, 5) is 0. The molecule has 19 heavy (non-hydrogen) atoms. The van der Waals surface area contributed by atoms with Crippen molar-refractivity contribution >= 4 is 25.7 Å². The fourth-order valence-electron chi connectivity index (χ4n) is 1.44. The highest BCUT2D eigenvalue weighted by atomic mass is 32.3. The molecule has 0 heterocycles. The third-order valence-electron chi connectivity index (χ3n) is 2.17. The lowest BCUT2D eigenvalue weighted by Gasteiger charge is -2.23. The van der Waals surface area contributed by atoms with Gasteiger partial charge in [-0.2, -0.15) is 3.71 Å². The normalized spacial score (nSPS) is 12.3. The Morgan fingerprint density at radius 3 is 1.63 bits per heavy atom. The average Bonchev–Trinajstić information content (AvgIpc) is 2.29. The second-order valence-electron chi connectivity index (χ2n) is 3.61. The number of hydrogen-bond donors (Lipinski definition) is 2. The first-order valence-electron chi connectivity index (χ1n) is 5.38. The zero-order valence-electron chi connectivity index (χ0n) is 10.0. The molecule has 1 aromatic carbocycles. The molecule has 0 aliphatic heterocycles. The molecule has 0 amide bonds. The SMILES string of the molecule is O=S(=O)(CCO)N(c1ccccc1)S(=O)(=O)CCO.